The van der Waals surface area contributed by atoms with Crippen LogP contribution >= 0.6 is 35.3 Å². The van der Waals surface area contributed by atoms with Crippen LogP contribution in [0.25, 0.3) is 20.8 Å². The summed E-state index contributed by atoms with van der Waals surface area (Å²) in [4.78, 5) is 4.66. The molecular formula is C15H12N2S3. The quantitative estimate of drug-likeness (QED) is 0.671. The highest BCUT2D eigenvalue weighted by Crippen LogP contribution is 2.30. The van der Waals surface area contributed by atoms with E-state index in [-0.39, 0.29) is 0 Å². The molecule has 2 aromatic carbocycles. The molecule has 0 fully saturated rings. The Morgan fingerprint density at radius 3 is 2.60 bits per heavy atom. The van der Waals surface area contributed by atoms with E-state index < -0.39 is 0 Å². The van der Waals surface area contributed by atoms with Gasteiger partial charge in [0, 0.05) is 11.3 Å². The summed E-state index contributed by atoms with van der Waals surface area (Å²) in [5, 5.41) is 4.22. The normalized spacial score (nSPS) is 10.7. The van der Waals surface area contributed by atoms with Crippen LogP contribution in [0.5, 0.6) is 0 Å². The number of thiocarbonyl (C=S) groups is 1. The van der Waals surface area contributed by atoms with Crippen molar-refractivity contribution in [3.63, 3.8) is 0 Å². The van der Waals surface area contributed by atoms with Gasteiger partial charge in [-0.15, -0.1) is 23.1 Å². The summed E-state index contributed by atoms with van der Waals surface area (Å²) < 4.78 is 1.99. The molecule has 5 heteroatoms. The molecule has 3 rings (SSSR count). The molecule has 0 saturated heterocycles. The predicted octanol–water partition coefficient (Wildman–Crippen LogP) is 5.02. The summed E-state index contributed by atoms with van der Waals surface area (Å²) in [5.41, 5.74) is 3.19. The molecule has 0 aliphatic carbocycles. The fraction of sp³-hybridized carbons (Fsp3) is 0.0667. The standard InChI is InChI=1S/C15H12N2S3/c1-19-15(18)16-11-8-6-10(7-9-11)14-17-12-4-2-3-5-13(12)20-14/h2-9H,1H3,(H,16,18). The van der Waals surface area contributed by atoms with Gasteiger partial charge in [-0.1, -0.05) is 24.4 Å². The summed E-state index contributed by atoms with van der Waals surface area (Å²) in [6.07, 6.45) is 1.96. The van der Waals surface area contributed by atoms with Gasteiger partial charge in [0.05, 0.1) is 10.2 Å². The monoisotopic (exact) mass is 316 g/mol. The average Bonchev–Trinajstić information content (AvgIpc) is 2.91. The minimum Gasteiger partial charge on any atom is -0.341 e. The van der Waals surface area contributed by atoms with Gasteiger partial charge < -0.3 is 5.32 Å². The minimum absolute atomic E-state index is 0.776. The minimum atomic E-state index is 0.776. The van der Waals surface area contributed by atoms with Crippen molar-refractivity contribution in [1.82, 2.24) is 4.98 Å². The zero-order valence-corrected chi connectivity index (χ0v) is 13.2. The van der Waals surface area contributed by atoms with E-state index in [0.717, 1.165) is 26.1 Å². The average molecular weight is 316 g/mol. The Bertz CT molecular complexity index is 714. The molecule has 1 heterocycles. The topological polar surface area (TPSA) is 24.9 Å². The zero-order valence-electron chi connectivity index (χ0n) is 10.8. The van der Waals surface area contributed by atoms with Crippen LogP contribution in [0.2, 0.25) is 0 Å². The number of aromatic nitrogens is 1. The fourth-order valence-corrected chi connectivity index (χ4v) is 3.17. The molecule has 2 nitrogen and oxygen atoms in total. The van der Waals surface area contributed by atoms with Gasteiger partial charge in [0.15, 0.2) is 0 Å². The molecule has 0 amide bonds. The molecule has 20 heavy (non-hydrogen) atoms. The van der Waals surface area contributed by atoms with E-state index >= 15 is 0 Å². The number of thioether (sulfide) groups is 1. The molecule has 0 atom stereocenters. The number of thiazole rings is 1. The summed E-state index contributed by atoms with van der Waals surface area (Å²) in [7, 11) is 0. The number of nitrogens with one attached hydrogen (secondary N) is 1. The number of benzene rings is 2. The van der Waals surface area contributed by atoms with E-state index in [9.17, 15) is 0 Å². The lowest BCUT2D eigenvalue weighted by Crippen LogP contribution is -2.02. The molecular weight excluding hydrogens is 304 g/mol. The Morgan fingerprint density at radius 2 is 1.90 bits per heavy atom. The van der Waals surface area contributed by atoms with Crippen LogP contribution in [0, 0.1) is 0 Å². The van der Waals surface area contributed by atoms with E-state index in [4.69, 9.17) is 12.2 Å². The van der Waals surface area contributed by atoms with E-state index in [1.807, 2.05) is 36.6 Å². The molecule has 0 aliphatic heterocycles. The molecule has 0 spiro atoms. The van der Waals surface area contributed by atoms with Crippen LogP contribution in [0.1, 0.15) is 0 Å². The summed E-state index contributed by atoms with van der Waals surface area (Å²) in [6.45, 7) is 0. The summed E-state index contributed by atoms with van der Waals surface area (Å²) in [5.74, 6) is 0. The van der Waals surface area contributed by atoms with E-state index in [1.54, 1.807) is 11.3 Å². The lowest BCUT2D eigenvalue weighted by molar-refractivity contribution is 1.48. The van der Waals surface area contributed by atoms with Crippen LogP contribution in [0.4, 0.5) is 5.69 Å². The van der Waals surface area contributed by atoms with Gasteiger partial charge in [-0.3, -0.25) is 0 Å². The summed E-state index contributed by atoms with van der Waals surface area (Å²) in [6, 6.07) is 16.4. The Morgan fingerprint density at radius 1 is 1.15 bits per heavy atom. The summed E-state index contributed by atoms with van der Waals surface area (Å²) >= 11 is 8.40. The maximum absolute atomic E-state index is 5.15. The molecule has 1 aromatic heterocycles. The second kappa shape index (κ2) is 5.91. The van der Waals surface area contributed by atoms with Gasteiger partial charge in [-0.25, -0.2) is 4.98 Å². The van der Waals surface area contributed by atoms with E-state index in [1.165, 1.54) is 16.5 Å². The van der Waals surface area contributed by atoms with E-state index in [2.05, 4.69) is 28.5 Å². The maximum atomic E-state index is 5.15. The molecule has 0 radical (unpaired) electrons. The van der Waals surface area contributed by atoms with Crippen molar-refractivity contribution < 1.29 is 0 Å². The highest BCUT2D eigenvalue weighted by molar-refractivity contribution is 8.22. The second-order valence-electron chi connectivity index (χ2n) is 4.18. The number of hydrogen-bond acceptors (Lipinski definition) is 4. The molecule has 0 unspecified atom stereocenters. The third-order valence-corrected chi connectivity index (χ3v) is 5.02. The number of hydrogen-bond donors (Lipinski definition) is 1. The van der Waals surface area contributed by atoms with E-state index in [0.29, 0.717) is 0 Å². The Labute approximate surface area is 131 Å². The van der Waals surface area contributed by atoms with Gasteiger partial charge in [0.1, 0.15) is 9.33 Å². The van der Waals surface area contributed by atoms with Gasteiger partial charge >= 0.3 is 0 Å². The van der Waals surface area contributed by atoms with Crippen LogP contribution < -0.4 is 5.32 Å². The first-order valence-corrected chi connectivity index (χ1v) is 8.52. The maximum Gasteiger partial charge on any atom is 0.137 e. The molecule has 3 aromatic rings. The van der Waals surface area contributed by atoms with Crippen LogP contribution in [0.15, 0.2) is 48.5 Å². The molecule has 0 aliphatic rings. The number of anilines is 1. The third-order valence-electron chi connectivity index (χ3n) is 2.86. The Kier molecular flexibility index (Phi) is 4.00. The zero-order chi connectivity index (χ0) is 13.9. The molecule has 0 bridgehead atoms. The fourth-order valence-electron chi connectivity index (χ4n) is 1.86. The highest BCUT2D eigenvalue weighted by Gasteiger charge is 2.05. The van der Waals surface area contributed by atoms with Crippen molar-refractivity contribution in [3.05, 3.63) is 48.5 Å². The third kappa shape index (κ3) is 2.85. The predicted molar refractivity (Wildman–Crippen MR) is 94.8 cm³/mol. The van der Waals surface area contributed by atoms with Gasteiger partial charge in [0.2, 0.25) is 0 Å². The SMILES string of the molecule is CSC(=S)Nc1ccc(-c2nc3ccccc3s2)cc1. The number of rotatable bonds is 2. The number of nitrogens with zero attached hydrogens (tertiary/aromatic N) is 1. The first kappa shape index (κ1) is 13.5. The first-order valence-electron chi connectivity index (χ1n) is 6.07. The molecule has 100 valence electrons. The first-order chi connectivity index (χ1) is 9.76. The molecule has 1 N–H and O–H groups in total. The number of fused-ring (bicyclic) bond motifs is 1. The van der Waals surface area contributed by atoms with Crippen LogP contribution in [-0.2, 0) is 0 Å². The smallest absolute Gasteiger partial charge is 0.137 e. The highest BCUT2D eigenvalue weighted by atomic mass is 32.2. The van der Waals surface area contributed by atoms with Crippen molar-refractivity contribution in [1.29, 1.82) is 0 Å². The van der Waals surface area contributed by atoms with Gasteiger partial charge in [-0.05, 0) is 42.7 Å². The van der Waals surface area contributed by atoms with Crippen LogP contribution in [-0.4, -0.2) is 15.6 Å². The van der Waals surface area contributed by atoms with Gasteiger partial charge in [0.25, 0.3) is 0 Å². The molecule has 0 saturated carbocycles. The lowest BCUT2D eigenvalue weighted by atomic mass is 10.2. The second-order valence-corrected chi connectivity index (χ2v) is 6.69. The van der Waals surface area contributed by atoms with Crippen molar-refractivity contribution >= 4 is 55.5 Å². The lowest BCUT2D eigenvalue weighted by Gasteiger charge is -2.05. The van der Waals surface area contributed by atoms with Gasteiger partial charge in [-0.2, -0.15) is 0 Å². The van der Waals surface area contributed by atoms with Crippen molar-refractivity contribution in [2.24, 2.45) is 0 Å². The number of para-hydroxylation sites is 1. The van der Waals surface area contributed by atoms with Crippen molar-refractivity contribution in [2.75, 3.05) is 11.6 Å². The van der Waals surface area contributed by atoms with Crippen molar-refractivity contribution in [2.45, 2.75) is 0 Å². The van der Waals surface area contributed by atoms with Crippen molar-refractivity contribution in [3.8, 4) is 10.6 Å². The Hall–Kier alpha value is -1.43. The van der Waals surface area contributed by atoms with Crippen LogP contribution in [0.3, 0.4) is 0 Å². The Balaban J connectivity index is 1.88. The largest absolute Gasteiger partial charge is 0.341 e.